The summed E-state index contributed by atoms with van der Waals surface area (Å²) in [6, 6.07) is 0. The number of halogens is 1. The van der Waals surface area contributed by atoms with Crippen LogP contribution < -0.4 is 0 Å². The first-order valence-corrected chi connectivity index (χ1v) is 6.94. The Labute approximate surface area is 115 Å². The van der Waals surface area contributed by atoms with Crippen LogP contribution in [0.2, 0.25) is 0 Å². The lowest BCUT2D eigenvalue weighted by atomic mass is 9.97. The van der Waals surface area contributed by atoms with Gasteiger partial charge in [-0.1, -0.05) is 0 Å². The maximum atomic E-state index is 11.2. The zero-order valence-electron chi connectivity index (χ0n) is 10.5. The van der Waals surface area contributed by atoms with Gasteiger partial charge >= 0.3 is 5.97 Å². The molecular weight excluding hydrogens is 298 g/mol. The molecule has 0 bridgehead atoms. The Hall–Kier alpha value is -0.880. The van der Waals surface area contributed by atoms with E-state index in [2.05, 4.69) is 30.7 Å². The average Bonchev–Trinajstić information content (AvgIpc) is 2.77. The highest BCUT2D eigenvalue weighted by Crippen LogP contribution is 2.19. The summed E-state index contributed by atoms with van der Waals surface area (Å²) in [6.45, 7) is 3.29. The summed E-state index contributed by atoms with van der Waals surface area (Å²) in [6.07, 6.45) is 6.02. The van der Waals surface area contributed by atoms with Gasteiger partial charge in [0.05, 0.1) is 24.3 Å². The first-order valence-electron chi connectivity index (χ1n) is 6.14. The number of hydrogen-bond donors (Lipinski definition) is 0. The third kappa shape index (κ3) is 3.81. The number of hydrogen-bond acceptors (Lipinski definition) is 4. The van der Waals surface area contributed by atoms with Crippen molar-refractivity contribution in [3.05, 3.63) is 16.9 Å². The van der Waals surface area contributed by atoms with E-state index in [1.807, 2.05) is 17.1 Å². The van der Waals surface area contributed by atoms with Crippen LogP contribution in [0.1, 0.15) is 12.8 Å². The van der Waals surface area contributed by atoms with Crippen LogP contribution in [-0.4, -0.2) is 47.4 Å². The second-order valence-corrected chi connectivity index (χ2v) is 5.59. The van der Waals surface area contributed by atoms with Crippen molar-refractivity contribution in [3.8, 4) is 0 Å². The van der Waals surface area contributed by atoms with Gasteiger partial charge in [-0.2, -0.15) is 5.10 Å². The van der Waals surface area contributed by atoms with Crippen LogP contribution in [0.5, 0.6) is 0 Å². The van der Waals surface area contributed by atoms with Crippen LogP contribution in [0.25, 0.3) is 0 Å². The molecule has 1 saturated heterocycles. The molecule has 0 unspecified atom stereocenters. The molecule has 100 valence electrons. The van der Waals surface area contributed by atoms with Gasteiger partial charge in [-0.15, -0.1) is 0 Å². The Kier molecular flexibility index (Phi) is 4.77. The molecule has 0 N–H and O–H groups in total. The summed E-state index contributed by atoms with van der Waals surface area (Å²) in [4.78, 5) is 13.3. The minimum Gasteiger partial charge on any atom is -0.468 e. The molecule has 1 aromatic rings. The molecule has 0 radical (unpaired) electrons. The summed E-state index contributed by atoms with van der Waals surface area (Å²) in [5.41, 5.74) is 0. The van der Waals surface area contributed by atoms with Crippen molar-refractivity contribution in [1.29, 1.82) is 0 Å². The van der Waals surface area contributed by atoms with E-state index < -0.39 is 0 Å². The summed E-state index contributed by atoms with van der Waals surface area (Å²) in [7, 11) is 1.44. The molecule has 0 atom stereocenters. The SMILES string of the molecule is COC(=O)CN1CCC(Cn2cc(Br)cn2)CC1. The van der Waals surface area contributed by atoms with Crippen molar-refractivity contribution in [2.24, 2.45) is 5.92 Å². The largest absolute Gasteiger partial charge is 0.468 e. The Morgan fingerprint density at radius 3 is 2.83 bits per heavy atom. The fourth-order valence-electron chi connectivity index (χ4n) is 2.28. The number of esters is 1. The number of piperidine rings is 1. The molecule has 6 heteroatoms. The van der Waals surface area contributed by atoms with Gasteiger partial charge < -0.3 is 4.74 Å². The third-order valence-electron chi connectivity index (χ3n) is 3.33. The second kappa shape index (κ2) is 6.33. The molecule has 0 spiro atoms. The summed E-state index contributed by atoms with van der Waals surface area (Å²) < 4.78 is 7.67. The highest BCUT2D eigenvalue weighted by molar-refractivity contribution is 9.10. The van der Waals surface area contributed by atoms with E-state index in [-0.39, 0.29) is 5.97 Å². The highest BCUT2D eigenvalue weighted by atomic mass is 79.9. The smallest absolute Gasteiger partial charge is 0.319 e. The van der Waals surface area contributed by atoms with Crippen molar-refractivity contribution in [2.45, 2.75) is 19.4 Å². The summed E-state index contributed by atoms with van der Waals surface area (Å²) >= 11 is 3.40. The lowest BCUT2D eigenvalue weighted by molar-refractivity contribution is -0.142. The van der Waals surface area contributed by atoms with Crippen LogP contribution in [0.3, 0.4) is 0 Å². The lowest BCUT2D eigenvalue weighted by Crippen LogP contribution is -2.38. The Balaban J connectivity index is 1.75. The van der Waals surface area contributed by atoms with E-state index in [4.69, 9.17) is 0 Å². The quantitative estimate of drug-likeness (QED) is 0.791. The number of methoxy groups -OCH3 is 1. The Bertz CT molecular complexity index is 400. The highest BCUT2D eigenvalue weighted by Gasteiger charge is 2.21. The number of carbonyl (C=O) groups excluding carboxylic acids is 1. The van der Waals surface area contributed by atoms with Crippen molar-refractivity contribution in [3.63, 3.8) is 0 Å². The van der Waals surface area contributed by atoms with Gasteiger partial charge in [-0.25, -0.2) is 0 Å². The normalized spacial score (nSPS) is 17.9. The fraction of sp³-hybridized carbons (Fsp3) is 0.667. The molecule has 0 saturated carbocycles. The standard InChI is InChI=1S/C12H18BrN3O2/c1-18-12(17)9-15-4-2-10(3-5-15)7-16-8-11(13)6-14-16/h6,8,10H,2-5,7,9H2,1H3. The molecule has 1 aliphatic rings. The van der Waals surface area contributed by atoms with Crippen LogP contribution in [0, 0.1) is 5.92 Å². The molecule has 0 amide bonds. The van der Waals surface area contributed by atoms with E-state index in [1.165, 1.54) is 7.11 Å². The van der Waals surface area contributed by atoms with Gasteiger partial charge in [0.2, 0.25) is 0 Å². The third-order valence-corrected chi connectivity index (χ3v) is 3.74. The van der Waals surface area contributed by atoms with Crippen molar-refractivity contribution >= 4 is 21.9 Å². The molecule has 5 nitrogen and oxygen atoms in total. The molecular formula is C12H18BrN3O2. The number of carbonyl (C=O) groups is 1. The van der Waals surface area contributed by atoms with Gasteiger partial charge in [-0.05, 0) is 47.8 Å². The maximum Gasteiger partial charge on any atom is 0.319 e. The average molecular weight is 316 g/mol. The molecule has 1 aliphatic heterocycles. The number of rotatable bonds is 4. The fourth-order valence-corrected chi connectivity index (χ4v) is 2.60. The van der Waals surface area contributed by atoms with Crippen LogP contribution in [-0.2, 0) is 16.1 Å². The Morgan fingerprint density at radius 1 is 1.56 bits per heavy atom. The van der Waals surface area contributed by atoms with E-state index in [9.17, 15) is 4.79 Å². The minimum atomic E-state index is -0.149. The molecule has 1 fully saturated rings. The number of nitrogens with zero attached hydrogens (tertiary/aromatic N) is 3. The summed E-state index contributed by atoms with van der Waals surface area (Å²) in [5, 5.41) is 4.27. The second-order valence-electron chi connectivity index (χ2n) is 4.68. The van der Waals surface area contributed by atoms with Gasteiger partial charge in [0, 0.05) is 12.7 Å². The first kappa shape index (κ1) is 13.5. The van der Waals surface area contributed by atoms with E-state index in [0.29, 0.717) is 12.5 Å². The molecule has 2 heterocycles. The Morgan fingerprint density at radius 2 is 2.28 bits per heavy atom. The monoisotopic (exact) mass is 315 g/mol. The number of likely N-dealkylation sites (tertiary alicyclic amines) is 1. The number of ether oxygens (including phenoxy) is 1. The summed E-state index contributed by atoms with van der Waals surface area (Å²) in [5.74, 6) is 0.496. The van der Waals surface area contributed by atoms with E-state index in [1.54, 1.807) is 0 Å². The van der Waals surface area contributed by atoms with Crippen molar-refractivity contribution in [2.75, 3.05) is 26.7 Å². The van der Waals surface area contributed by atoms with Crippen LogP contribution >= 0.6 is 15.9 Å². The number of aromatic nitrogens is 2. The zero-order chi connectivity index (χ0) is 13.0. The molecule has 0 aromatic carbocycles. The van der Waals surface area contributed by atoms with Gasteiger partial charge in [0.25, 0.3) is 0 Å². The predicted molar refractivity (Wildman–Crippen MR) is 71.1 cm³/mol. The molecule has 0 aliphatic carbocycles. The van der Waals surface area contributed by atoms with Gasteiger partial charge in [-0.3, -0.25) is 14.4 Å². The zero-order valence-corrected chi connectivity index (χ0v) is 12.1. The van der Waals surface area contributed by atoms with E-state index >= 15 is 0 Å². The maximum absolute atomic E-state index is 11.2. The van der Waals surface area contributed by atoms with Gasteiger partial charge in [0.15, 0.2) is 0 Å². The molecule has 2 rings (SSSR count). The first-order chi connectivity index (χ1) is 8.67. The van der Waals surface area contributed by atoms with Crippen molar-refractivity contribution in [1.82, 2.24) is 14.7 Å². The van der Waals surface area contributed by atoms with Gasteiger partial charge in [0.1, 0.15) is 0 Å². The minimum absolute atomic E-state index is 0.149. The van der Waals surface area contributed by atoms with E-state index in [0.717, 1.165) is 36.9 Å². The topological polar surface area (TPSA) is 47.4 Å². The lowest BCUT2D eigenvalue weighted by Gasteiger charge is -2.30. The predicted octanol–water partition coefficient (Wildman–Crippen LogP) is 1.53. The molecule has 1 aromatic heterocycles. The van der Waals surface area contributed by atoms with Crippen molar-refractivity contribution < 1.29 is 9.53 Å². The van der Waals surface area contributed by atoms with Crippen LogP contribution in [0.15, 0.2) is 16.9 Å². The van der Waals surface area contributed by atoms with Crippen LogP contribution in [0.4, 0.5) is 0 Å². The molecule has 18 heavy (non-hydrogen) atoms.